The van der Waals surface area contributed by atoms with E-state index in [4.69, 9.17) is 9.26 Å². The molecule has 2 atom stereocenters. The molecular weight excluding hydrogens is 300 g/mol. The maximum atomic E-state index is 11.5. The number of amides is 1. The number of likely N-dealkylation sites (tertiary alicyclic amines) is 1. The van der Waals surface area contributed by atoms with Crippen LogP contribution in [0.2, 0.25) is 0 Å². The van der Waals surface area contributed by atoms with Crippen LogP contribution >= 0.6 is 0 Å². The van der Waals surface area contributed by atoms with Crippen LogP contribution in [-0.2, 0) is 4.74 Å². The summed E-state index contributed by atoms with van der Waals surface area (Å²) >= 11 is 0. The maximum absolute atomic E-state index is 11.5. The summed E-state index contributed by atoms with van der Waals surface area (Å²) in [6, 6.07) is 1.27. The van der Waals surface area contributed by atoms with Crippen LogP contribution in [0.15, 0.2) is 15.4 Å². The molecule has 2 N–H and O–H groups in total. The van der Waals surface area contributed by atoms with Gasteiger partial charge in [0.2, 0.25) is 0 Å². The molecule has 1 amide bonds. The Labute approximate surface area is 134 Å². The number of aromatic amines is 1. The molecule has 0 radical (unpaired) electrons. The van der Waals surface area contributed by atoms with Gasteiger partial charge in [-0.05, 0) is 25.7 Å². The average molecular weight is 324 g/mol. The molecule has 1 aliphatic carbocycles. The fourth-order valence-corrected chi connectivity index (χ4v) is 3.70. The lowest BCUT2D eigenvalue weighted by atomic mass is 9.89. The average Bonchev–Trinajstić information content (AvgIpc) is 3.00. The molecule has 128 valence electrons. The van der Waals surface area contributed by atoms with E-state index in [0.29, 0.717) is 31.8 Å². The molecule has 1 aromatic rings. The molecule has 2 unspecified atom stereocenters. The Morgan fingerprint density at radius 3 is 2.78 bits per heavy atom. The molecule has 2 heterocycles. The first-order valence-corrected chi connectivity index (χ1v) is 8.43. The van der Waals surface area contributed by atoms with Crippen molar-refractivity contribution in [1.82, 2.24) is 10.1 Å². The van der Waals surface area contributed by atoms with Gasteiger partial charge in [-0.3, -0.25) is 4.79 Å². The highest BCUT2D eigenvalue weighted by atomic mass is 16.5. The predicted octanol–water partition coefficient (Wildman–Crippen LogP) is 2.54. The van der Waals surface area contributed by atoms with Gasteiger partial charge in [0, 0.05) is 18.5 Å². The number of nitrogens with zero attached hydrogens (tertiary/aromatic N) is 1. The fourth-order valence-electron chi connectivity index (χ4n) is 3.70. The van der Waals surface area contributed by atoms with Crippen molar-refractivity contribution in [2.45, 2.75) is 63.0 Å². The molecule has 1 saturated carbocycles. The Hall–Kier alpha value is -1.76. The van der Waals surface area contributed by atoms with Crippen molar-refractivity contribution in [1.29, 1.82) is 0 Å². The van der Waals surface area contributed by atoms with Crippen LogP contribution in [0.5, 0.6) is 0 Å². The van der Waals surface area contributed by atoms with Crippen LogP contribution < -0.4 is 5.56 Å². The molecular formula is C16H24N2O5. The third-order valence-corrected chi connectivity index (χ3v) is 4.98. The third-order valence-electron chi connectivity index (χ3n) is 4.98. The molecule has 1 aliphatic heterocycles. The minimum Gasteiger partial charge on any atom is -0.465 e. The van der Waals surface area contributed by atoms with Crippen molar-refractivity contribution in [2.24, 2.45) is 0 Å². The third kappa shape index (κ3) is 3.96. The Morgan fingerprint density at radius 2 is 2.13 bits per heavy atom. The van der Waals surface area contributed by atoms with Gasteiger partial charge in [0.15, 0.2) is 0 Å². The summed E-state index contributed by atoms with van der Waals surface area (Å²) in [4.78, 5) is 24.2. The number of carbonyl (C=O) groups is 1. The summed E-state index contributed by atoms with van der Waals surface area (Å²) in [5, 5.41) is 11.7. The van der Waals surface area contributed by atoms with E-state index >= 15 is 0 Å². The van der Waals surface area contributed by atoms with Crippen LogP contribution in [0.1, 0.15) is 56.6 Å². The molecule has 2 aliphatic rings. The van der Waals surface area contributed by atoms with Crippen molar-refractivity contribution in [3.05, 3.63) is 22.2 Å². The summed E-state index contributed by atoms with van der Waals surface area (Å²) in [5.74, 6) is 0.673. The van der Waals surface area contributed by atoms with Gasteiger partial charge in [-0.2, -0.15) is 5.16 Å². The van der Waals surface area contributed by atoms with Crippen LogP contribution in [0, 0.1) is 0 Å². The van der Waals surface area contributed by atoms with Gasteiger partial charge in [0.1, 0.15) is 5.76 Å². The lowest BCUT2D eigenvalue weighted by Gasteiger charge is -2.37. The topological polar surface area (TPSA) is 95.8 Å². The molecule has 3 rings (SSSR count). The second-order valence-corrected chi connectivity index (χ2v) is 6.56. The van der Waals surface area contributed by atoms with E-state index in [1.54, 1.807) is 0 Å². The number of hydrogen-bond donors (Lipinski definition) is 2. The fraction of sp³-hybridized carbons (Fsp3) is 0.750. The molecule has 0 spiro atoms. The largest absolute Gasteiger partial charge is 0.465 e. The summed E-state index contributed by atoms with van der Waals surface area (Å²) < 4.78 is 11.2. The summed E-state index contributed by atoms with van der Waals surface area (Å²) in [5.41, 5.74) is -0.254. The second kappa shape index (κ2) is 7.21. The van der Waals surface area contributed by atoms with E-state index in [2.05, 4.69) is 5.16 Å². The summed E-state index contributed by atoms with van der Waals surface area (Å²) in [6.45, 7) is 0.857. The molecule has 7 nitrogen and oxygen atoms in total. The maximum Gasteiger partial charge on any atom is 0.407 e. The Kier molecular flexibility index (Phi) is 5.05. The van der Waals surface area contributed by atoms with E-state index < -0.39 is 6.09 Å². The zero-order chi connectivity index (χ0) is 16.2. The number of H-pyrrole nitrogens is 1. The highest BCUT2D eigenvalue weighted by molar-refractivity contribution is 5.65. The quantitative estimate of drug-likeness (QED) is 0.887. The molecule has 1 saturated heterocycles. The van der Waals surface area contributed by atoms with Crippen molar-refractivity contribution in [3.8, 4) is 0 Å². The first-order valence-electron chi connectivity index (χ1n) is 8.43. The zero-order valence-electron chi connectivity index (χ0n) is 13.2. The summed E-state index contributed by atoms with van der Waals surface area (Å²) in [6.07, 6.45) is 6.41. The number of aromatic nitrogens is 1. The van der Waals surface area contributed by atoms with Gasteiger partial charge in [-0.25, -0.2) is 4.79 Å². The number of ether oxygens (including phenoxy) is 1. The van der Waals surface area contributed by atoms with Gasteiger partial charge >= 0.3 is 6.09 Å². The zero-order valence-corrected chi connectivity index (χ0v) is 13.2. The molecule has 0 bridgehead atoms. The molecule has 0 aromatic carbocycles. The Balaban J connectivity index is 1.62. The number of carboxylic acid groups (broad SMARTS) is 1. The monoisotopic (exact) mass is 324 g/mol. The standard InChI is InChI=1S/C16H24N2O5/c19-15-9-14(23-17-15)11-6-7-18(16(20)21)12(8-11)10-22-13-4-2-1-3-5-13/h9,11-13H,1-8,10H2,(H,17,19)(H,20,21). The number of hydrogen-bond acceptors (Lipinski definition) is 4. The van der Waals surface area contributed by atoms with E-state index in [1.165, 1.54) is 30.2 Å². The molecule has 2 fully saturated rings. The van der Waals surface area contributed by atoms with Gasteiger partial charge < -0.3 is 19.3 Å². The van der Waals surface area contributed by atoms with E-state index in [9.17, 15) is 14.7 Å². The van der Waals surface area contributed by atoms with Crippen molar-refractivity contribution < 1.29 is 19.2 Å². The predicted molar refractivity (Wildman–Crippen MR) is 82.6 cm³/mol. The first kappa shape index (κ1) is 16.1. The van der Waals surface area contributed by atoms with Crippen molar-refractivity contribution in [3.63, 3.8) is 0 Å². The van der Waals surface area contributed by atoms with Crippen LogP contribution in [-0.4, -0.2) is 46.6 Å². The van der Waals surface area contributed by atoms with E-state index in [-0.39, 0.29) is 23.6 Å². The van der Waals surface area contributed by atoms with Crippen LogP contribution in [0.25, 0.3) is 0 Å². The van der Waals surface area contributed by atoms with E-state index in [1.807, 2.05) is 0 Å². The van der Waals surface area contributed by atoms with Gasteiger partial charge in [0.25, 0.3) is 5.56 Å². The normalized spacial score (nSPS) is 26.3. The van der Waals surface area contributed by atoms with Crippen molar-refractivity contribution >= 4 is 6.09 Å². The Morgan fingerprint density at radius 1 is 1.35 bits per heavy atom. The Bertz CT molecular complexity index is 575. The van der Waals surface area contributed by atoms with E-state index in [0.717, 1.165) is 12.8 Å². The van der Waals surface area contributed by atoms with Gasteiger partial charge in [0.05, 0.1) is 18.8 Å². The minimum absolute atomic E-state index is 0.0597. The lowest BCUT2D eigenvalue weighted by Crippen LogP contribution is -2.47. The first-order chi connectivity index (χ1) is 11.1. The van der Waals surface area contributed by atoms with Crippen molar-refractivity contribution in [2.75, 3.05) is 13.2 Å². The highest BCUT2D eigenvalue weighted by Gasteiger charge is 2.34. The lowest BCUT2D eigenvalue weighted by molar-refractivity contribution is -0.0175. The smallest absolute Gasteiger partial charge is 0.407 e. The minimum atomic E-state index is -0.906. The molecule has 7 heteroatoms. The van der Waals surface area contributed by atoms with Gasteiger partial charge in [-0.15, -0.1) is 0 Å². The summed E-state index contributed by atoms with van der Waals surface area (Å²) in [7, 11) is 0. The molecule has 1 aromatic heterocycles. The molecule has 23 heavy (non-hydrogen) atoms. The van der Waals surface area contributed by atoms with Crippen LogP contribution in [0.3, 0.4) is 0 Å². The number of piperidine rings is 1. The SMILES string of the molecule is O=C(O)N1CCC(c2cc(=O)[nH]o2)CC1COC1CCCCC1. The second-order valence-electron chi connectivity index (χ2n) is 6.56. The van der Waals surface area contributed by atoms with Crippen LogP contribution in [0.4, 0.5) is 4.79 Å². The highest BCUT2D eigenvalue weighted by Crippen LogP contribution is 2.32. The van der Waals surface area contributed by atoms with Gasteiger partial charge in [-0.1, -0.05) is 19.3 Å². The number of nitrogens with one attached hydrogen (secondary N) is 1. The number of rotatable bonds is 4.